The van der Waals surface area contributed by atoms with Gasteiger partial charge < -0.3 is 15.5 Å². The number of nitrogens with zero attached hydrogens (tertiary/aromatic N) is 2. The molecule has 0 aliphatic carbocycles. The molecule has 0 radical (unpaired) electrons. The van der Waals surface area contributed by atoms with E-state index in [4.69, 9.17) is 10.6 Å². The molecule has 0 spiro atoms. The fourth-order valence-corrected chi connectivity index (χ4v) is 2.10. The third kappa shape index (κ3) is 3.08. The Kier molecular flexibility index (Phi) is 4.33. The van der Waals surface area contributed by atoms with Gasteiger partial charge in [0.15, 0.2) is 0 Å². The van der Waals surface area contributed by atoms with E-state index >= 15 is 0 Å². The van der Waals surface area contributed by atoms with Gasteiger partial charge in [-0.2, -0.15) is 0 Å². The third-order valence-electron chi connectivity index (χ3n) is 3.28. The minimum Gasteiger partial charge on any atom is -0.381 e. The van der Waals surface area contributed by atoms with Crippen molar-refractivity contribution in [2.24, 2.45) is 11.8 Å². The molecule has 6 heteroatoms. The van der Waals surface area contributed by atoms with E-state index in [-0.39, 0.29) is 0 Å². The average Bonchev–Trinajstić information content (AvgIpc) is 2.92. The highest BCUT2D eigenvalue weighted by molar-refractivity contribution is 5.47. The molecule has 1 aromatic heterocycles. The predicted octanol–water partition coefficient (Wildman–Crippen LogP) is 1.16. The van der Waals surface area contributed by atoms with Gasteiger partial charge in [-0.15, -0.1) is 0 Å². The molecule has 0 saturated carbocycles. The Morgan fingerprint density at radius 2 is 2.28 bits per heavy atom. The summed E-state index contributed by atoms with van der Waals surface area (Å²) in [6.45, 7) is 5.86. The molecule has 1 aliphatic rings. The van der Waals surface area contributed by atoms with Crippen molar-refractivity contribution in [1.82, 2.24) is 9.97 Å². The van der Waals surface area contributed by atoms with Gasteiger partial charge in [0.25, 0.3) is 0 Å². The van der Waals surface area contributed by atoms with E-state index in [9.17, 15) is 0 Å². The van der Waals surface area contributed by atoms with Crippen LogP contribution in [0.2, 0.25) is 0 Å². The normalized spacial score (nSPS) is 20.7. The highest BCUT2D eigenvalue weighted by atomic mass is 16.5. The molecule has 1 saturated heterocycles. The summed E-state index contributed by atoms with van der Waals surface area (Å²) in [5.41, 5.74) is 2.57. The fourth-order valence-electron chi connectivity index (χ4n) is 2.10. The van der Waals surface area contributed by atoms with Crippen molar-refractivity contribution < 1.29 is 4.74 Å². The SMILES string of the molecule is CCc1nc(NN)cc(NC(C)C2CCOC2)n1. The lowest BCUT2D eigenvalue weighted by molar-refractivity contribution is 0.183. The van der Waals surface area contributed by atoms with Gasteiger partial charge in [-0.05, 0) is 13.3 Å². The van der Waals surface area contributed by atoms with Crippen LogP contribution in [0.3, 0.4) is 0 Å². The summed E-state index contributed by atoms with van der Waals surface area (Å²) in [6.07, 6.45) is 1.88. The van der Waals surface area contributed by atoms with Gasteiger partial charge in [0.2, 0.25) is 0 Å². The molecule has 1 fully saturated rings. The topological polar surface area (TPSA) is 85.1 Å². The molecule has 1 aromatic rings. The lowest BCUT2D eigenvalue weighted by atomic mass is 10.0. The molecule has 1 aliphatic heterocycles. The Bertz CT molecular complexity index is 370. The smallest absolute Gasteiger partial charge is 0.145 e. The van der Waals surface area contributed by atoms with Crippen LogP contribution in [0.25, 0.3) is 0 Å². The highest BCUT2D eigenvalue weighted by Gasteiger charge is 2.22. The molecular weight excluding hydrogens is 230 g/mol. The zero-order valence-corrected chi connectivity index (χ0v) is 10.9. The first kappa shape index (κ1) is 13.0. The third-order valence-corrected chi connectivity index (χ3v) is 3.28. The van der Waals surface area contributed by atoms with Crippen LogP contribution in [0.15, 0.2) is 6.07 Å². The lowest BCUT2D eigenvalue weighted by Crippen LogP contribution is -2.27. The van der Waals surface area contributed by atoms with E-state index in [0.717, 1.165) is 37.7 Å². The Balaban J connectivity index is 2.07. The maximum absolute atomic E-state index is 5.41. The zero-order chi connectivity index (χ0) is 13.0. The largest absolute Gasteiger partial charge is 0.381 e. The summed E-state index contributed by atoms with van der Waals surface area (Å²) in [5, 5.41) is 3.41. The number of aromatic nitrogens is 2. The molecule has 0 bridgehead atoms. The predicted molar refractivity (Wildman–Crippen MR) is 71.2 cm³/mol. The van der Waals surface area contributed by atoms with Gasteiger partial charge in [0, 0.05) is 31.1 Å². The first-order valence-corrected chi connectivity index (χ1v) is 6.41. The number of ether oxygens (including phenoxy) is 1. The van der Waals surface area contributed by atoms with Crippen molar-refractivity contribution in [3.8, 4) is 0 Å². The van der Waals surface area contributed by atoms with Crippen LogP contribution in [0.5, 0.6) is 0 Å². The number of nitrogens with two attached hydrogens (primary N) is 1. The van der Waals surface area contributed by atoms with Crippen molar-refractivity contribution >= 4 is 11.6 Å². The summed E-state index contributed by atoms with van der Waals surface area (Å²) >= 11 is 0. The number of nitrogens with one attached hydrogen (secondary N) is 2. The number of nitrogen functional groups attached to an aromatic ring is 1. The summed E-state index contributed by atoms with van der Waals surface area (Å²) in [5.74, 6) is 8.18. The van der Waals surface area contributed by atoms with E-state index in [1.54, 1.807) is 0 Å². The second kappa shape index (κ2) is 5.97. The number of hydrazine groups is 1. The lowest BCUT2D eigenvalue weighted by Gasteiger charge is -2.20. The van der Waals surface area contributed by atoms with Crippen LogP contribution in [0, 0.1) is 5.92 Å². The van der Waals surface area contributed by atoms with Gasteiger partial charge in [-0.25, -0.2) is 15.8 Å². The monoisotopic (exact) mass is 251 g/mol. The molecule has 0 aromatic carbocycles. The molecule has 2 atom stereocenters. The molecule has 100 valence electrons. The quantitative estimate of drug-likeness (QED) is 0.538. The first-order chi connectivity index (χ1) is 8.72. The van der Waals surface area contributed by atoms with Gasteiger partial charge >= 0.3 is 0 Å². The van der Waals surface area contributed by atoms with Crippen molar-refractivity contribution in [2.45, 2.75) is 32.7 Å². The first-order valence-electron chi connectivity index (χ1n) is 6.41. The maximum Gasteiger partial charge on any atom is 0.145 e. The number of anilines is 2. The fraction of sp³-hybridized carbons (Fsp3) is 0.667. The number of hydrogen-bond donors (Lipinski definition) is 3. The van der Waals surface area contributed by atoms with E-state index < -0.39 is 0 Å². The van der Waals surface area contributed by atoms with E-state index in [2.05, 4.69) is 27.6 Å². The summed E-state index contributed by atoms with van der Waals surface area (Å²) in [6, 6.07) is 2.16. The highest BCUT2D eigenvalue weighted by Crippen LogP contribution is 2.20. The zero-order valence-electron chi connectivity index (χ0n) is 10.9. The minimum absolute atomic E-state index is 0.331. The van der Waals surface area contributed by atoms with Crippen LogP contribution in [0.4, 0.5) is 11.6 Å². The van der Waals surface area contributed by atoms with Gasteiger partial charge in [0.05, 0.1) is 6.61 Å². The number of hydrogen-bond acceptors (Lipinski definition) is 6. The van der Waals surface area contributed by atoms with Crippen molar-refractivity contribution in [2.75, 3.05) is 24.0 Å². The standard InChI is InChI=1S/C12H21N5O/c1-3-10-15-11(6-12(16-10)17-13)14-8(2)9-4-5-18-7-9/h6,8-9H,3-5,7,13H2,1-2H3,(H2,14,15,16,17). The van der Waals surface area contributed by atoms with E-state index in [1.165, 1.54) is 0 Å². The van der Waals surface area contributed by atoms with Crippen LogP contribution in [0.1, 0.15) is 26.1 Å². The Morgan fingerprint density at radius 3 is 2.89 bits per heavy atom. The second-order valence-corrected chi connectivity index (χ2v) is 4.61. The molecule has 2 rings (SSSR count). The Hall–Kier alpha value is -1.40. The van der Waals surface area contributed by atoms with Gasteiger partial charge in [-0.1, -0.05) is 6.92 Å². The number of rotatable bonds is 5. The van der Waals surface area contributed by atoms with Gasteiger partial charge in [-0.3, -0.25) is 0 Å². The summed E-state index contributed by atoms with van der Waals surface area (Å²) in [7, 11) is 0. The van der Waals surface area contributed by atoms with Crippen molar-refractivity contribution in [3.63, 3.8) is 0 Å². The molecule has 0 amide bonds. The molecule has 2 heterocycles. The van der Waals surface area contributed by atoms with Crippen LogP contribution in [-0.4, -0.2) is 29.2 Å². The molecule has 4 N–H and O–H groups in total. The minimum atomic E-state index is 0.331. The number of aryl methyl sites for hydroxylation is 1. The molecular formula is C12H21N5O. The maximum atomic E-state index is 5.41. The average molecular weight is 251 g/mol. The van der Waals surface area contributed by atoms with Crippen molar-refractivity contribution in [1.29, 1.82) is 0 Å². The van der Waals surface area contributed by atoms with Crippen LogP contribution >= 0.6 is 0 Å². The van der Waals surface area contributed by atoms with Crippen molar-refractivity contribution in [3.05, 3.63) is 11.9 Å². The molecule has 18 heavy (non-hydrogen) atoms. The second-order valence-electron chi connectivity index (χ2n) is 4.61. The van der Waals surface area contributed by atoms with E-state index in [0.29, 0.717) is 17.8 Å². The Labute approximate surface area is 107 Å². The van der Waals surface area contributed by atoms with Crippen LogP contribution in [-0.2, 0) is 11.2 Å². The molecule has 2 unspecified atom stereocenters. The Morgan fingerprint density at radius 1 is 1.50 bits per heavy atom. The van der Waals surface area contributed by atoms with Gasteiger partial charge in [0.1, 0.15) is 17.5 Å². The molecule has 6 nitrogen and oxygen atoms in total. The van der Waals surface area contributed by atoms with E-state index in [1.807, 2.05) is 13.0 Å². The van der Waals surface area contributed by atoms with Crippen LogP contribution < -0.4 is 16.6 Å². The summed E-state index contributed by atoms with van der Waals surface area (Å²) in [4.78, 5) is 8.72. The summed E-state index contributed by atoms with van der Waals surface area (Å²) < 4.78 is 5.40.